The number of carbonyl (C=O) groups excluding carboxylic acids is 2. The fourth-order valence-electron chi connectivity index (χ4n) is 2.37. The molecule has 0 aliphatic carbocycles. The van der Waals surface area contributed by atoms with E-state index in [1.54, 1.807) is 13.0 Å². The van der Waals surface area contributed by atoms with E-state index in [0.717, 1.165) is 12.0 Å². The second kappa shape index (κ2) is 10.2. The lowest BCUT2D eigenvalue weighted by atomic mass is 9.92. The highest BCUT2D eigenvalue weighted by atomic mass is 28.4. The second-order valence-electron chi connectivity index (χ2n) is 8.49. The number of allylic oxidation sites excluding steroid dienone is 2. The fourth-order valence-corrected chi connectivity index (χ4v) is 3.75. The summed E-state index contributed by atoms with van der Waals surface area (Å²) >= 11 is 0. The van der Waals surface area contributed by atoms with Gasteiger partial charge in [0.25, 0.3) is 0 Å². The molecule has 0 aromatic rings. The van der Waals surface area contributed by atoms with E-state index in [9.17, 15) is 9.59 Å². The number of rotatable bonds is 9. The van der Waals surface area contributed by atoms with Crippen molar-refractivity contribution < 1.29 is 18.8 Å². The SMILES string of the molecule is CC/C=C(\C)[C@@H](O[Si](C)(C)C(C)(C)C)[C@@H](C)C(=O)C/C=C(\C)C(=O)OC. The number of ketones is 1. The Labute approximate surface area is 161 Å². The average molecular weight is 383 g/mol. The first-order chi connectivity index (χ1) is 11.8. The normalized spacial score (nSPS) is 16.2. The van der Waals surface area contributed by atoms with Crippen molar-refractivity contribution in [2.45, 2.75) is 85.5 Å². The van der Waals surface area contributed by atoms with E-state index in [1.165, 1.54) is 7.11 Å². The smallest absolute Gasteiger partial charge is 0.333 e. The number of Topliss-reactive ketones (excluding diaryl/α,β-unsaturated/α-hetero) is 1. The maximum absolute atomic E-state index is 12.8. The van der Waals surface area contributed by atoms with E-state index in [1.807, 2.05) is 13.8 Å². The van der Waals surface area contributed by atoms with Gasteiger partial charge in [-0.1, -0.05) is 46.8 Å². The summed E-state index contributed by atoms with van der Waals surface area (Å²) in [4.78, 5) is 24.2. The highest BCUT2D eigenvalue weighted by Crippen LogP contribution is 2.39. The van der Waals surface area contributed by atoms with Gasteiger partial charge in [-0.25, -0.2) is 4.79 Å². The first-order valence-electron chi connectivity index (χ1n) is 9.40. The van der Waals surface area contributed by atoms with Gasteiger partial charge in [-0.3, -0.25) is 4.79 Å². The molecular formula is C21H38O4Si. The Balaban J connectivity index is 5.48. The standard InChI is InChI=1S/C21H38O4Si/c1-11-12-15(2)19(25-26(9,10)21(5,6)7)17(4)18(22)14-13-16(3)20(23)24-8/h12-13,17,19H,11,14H2,1-10H3/b15-12+,16-13+/t17-,19+/m0/s1. The Morgan fingerprint density at radius 1 is 1.12 bits per heavy atom. The molecule has 0 saturated carbocycles. The zero-order valence-corrected chi connectivity index (χ0v) is 19.4. The van der Waals surface area contributed by atoms with Crippen LogP contribution in [0.4, 0.5) is 0 Å². The molecule has 0 spiro atoms. The molecule has 0 unspecified atom stereocenters. The Morgan fingerprint density at radius 2 is 1.65 bits per heavy atom. The summed E-state index contributed by atoms with van der Waals surface area (Å²) < 4.78 is 11.3. The lowest BCUT2D eigenvalue weighted by Gasteiger charge is -2.41. The molecule has 0 rings (SSSR count). The van der Waals surface area contributed by atoms with Gasteiger partial charge in [0.1, 0.15) is 5.78 Å². The fraction of sp³-hybridized carbons (Fsp3) is 0.714. The molecule has 2 atom stereocenters. The van der Waals surface area contributed by atoms with Crippen LogP contribution in [0.1, 0.15) is 61.3 Å². The zero-order valence-electron chi connectivity index (χ0n) is 18.4. The van der Waals surface area contributed by atoms with Crippen LogP contribution in [0, 0.1) is 5.92 Å². The Morgan fingerprint density at radius 3 is 2.08 bits per heavy atom. The Hall–Kier alpha value is -1.20. The van der Waals surface area contributed by atoms with Gasteiger partial charge in [0.2, 0.25) is 0 Å². The lowest BCUT2D eigenvalue weighted by molar-refractivity contribution is -0.136. The third-order valence-electron chi connectivity index (χ3n) is 5.28. The van der Waals surface area contributed by atoms with Gasteiger partial charge in [0.15, 0.2) is 8.32 Å². The summed E-state index contributed by atoms with van der Waals surface area (Å²) in [7, 11) is -0.680. The molecule has 0 aromatic heterocycles. The van der Waals surface area contributed by atoms with E-state index in [2.05, 4.69) is 51.6 Å². The molecule has 0 N–H and O–H groups in total. The maximum Gasteiger partial charge on any atom is 0.333 e. The third kappa shape index (κ3) is 7.20. The number of hydrogen-bond donors (Lipinski definition) is 0. The number of methoxy groups -OCH3 is 1. The molecule has 0 bridgehead atoms. The van der Waals surface area contributed by atoms with Gasteiger partial charge in [-0.15, -0.1) is 0 Å². The van der Waals surface area contributed by atoms with Gasteiger partial charge in [0.05, 0.1) is 13.2 Å². The summed E-state index contributed by atoms with van der Waals surface area (Å²) in [5.41, 5.74) is 1.56. The molecular weight excluding hydrogens is 344 g/mol. The zero-order chi connectivity index (χ0) is 20.7. The van der Waals surface area contributed by atoms with Crippen LogP contribution in [0.2, 0.25) is 18.1 Å². The van der Waals surface area contributed by atoms with Crippen LogP contribution in [-0.2, 0) is 18.8 Å². The minimum absolute atomic E-state index is 0.0702. The van der Waals surface area contributed by atoms with Crippen LogP contribution < -0.4 is 0 Å². The van der Waals surface area contributed by atoms with Crippen molar-refractivity contribution in [2.24, 2.45) is 5.92 Å². The van der Waals surface area contributed by atoms with Crippen molar-refractivity contribution in [3.63, 3.8) is 0 Å². The number of ether oxygens (including phenoxy) is 1. The Kier molecular flexibility index (Phi) is 9.74. The van der Waals surface area contributed by atoms with Gasteiger partial charge in [0, 0.05) is 17.9 Å². The predicted molar refractivity (Wildman–Crippen MR) is 111 cm³/mol. The predicted octanol–water partition coefficient (Wildman–Crippen LogP) is 5.45. The van der Waals surface area contributed by atoms with Crippen molar-refractivity contribution >= 4 is 20.1 Å². The van der Waals surface area contributed by atoms with E-state index >= 15 is 0 Å². The Bertz CT molecular complexity index is 553. The van der Waals surface area contributed by atoms with E-state index in [4.69, 9.17) is 4.43 Å². The monoisotopic (exact) mass is 382 g/mol. The minimum Gasteiger partial charge on any atom is -0.466 e. The molecule has 0 radical (unpaired) electrons. The van der Waals surface area contributed by atoms with Crippen LogP contribution in [0.25, 0.3) is 0 Å². The number of carbonyl (C=O) groups is 2. The summed E-state index contributed by atoms with van der Waals surface area (Å²) in [5.74, 6) is -0.601. The molecule has 150 valence electrons. The summed E-state index contributed by atoms with van der Waals surface area (Å²) in [5, 5.41) is 0.0713. The first kappa shape index (κ1) is 24.8. The summed E-state index contributed by atoms with van der Waals surface area (Å²) in [6.45, 7) is 18.7. The molecule has 0 aromatic carbocycles. The van der Waals surface area contributed by atoms with Crippen LogP contribution in [-0.4, -0.2) is 33.3 Å². The van der Waals surface area contributed by atoms with Crippen molar-refractivity contribution in [3.05, 3.63) is 23.3 Å². The van der Waals surface area contributed by atoms with Crippen molar-refractivity contribution in [2.75, 3.05) is 7.11 Å². The van der Waals surface area contributed by atoms with Crippen LogP contribution in [0.15, 0.2) is 23.3 Å². The molecule has 0 saturated heterocycles. The molecule has 5 heteroatoms. The molecule has 0 aliphatic rings. The molecule has 0 heterocycles. The van der Waals surface area contributed by atoms with Gasteiger partial charge >= 0.3 is 5.97 Å². The summed E-state index contributed by atoms with van der Waals surface area (Å²) in [6.07, 6.45) is 4.67. The van der Waals surface area contributed by atoms with Crippen molar-refractivity contribution in [1.82, 2.24) is 0 Å². The van der Waals surface area contributed by atoms with Crippen LogP contribution in [0.3, 0.4) is 0 Å². The quantitative estimate of drug-likeness (QED) is 0.230. The molecule has 0 aliphatic heterocycles. The average Bonchev–Trinajstić information content (AvgIpc) is 2.54. The topological polar surface area (TPSA) is 52.6 Å². The third-order valence-corrected chi connectivity index (χ3v) is 9.74. The van der Waals surface area contributed by atoms with E-state index in [-0.39, 0.29) is 29.3 Å². The van der Waals surface area contributed by atoms with Crippen LogP contribution >= 0.6 is 0 Å². The van der Waals surface area contributed by atoms with Crippen molar-refractivity contribution in [1.29, 1.82) is 0 Å². The van der Waals surface area contributed by atoms with E-state index < -0.39 is 14.3 Å². The number of hydrogen-bond acceptors (Lipinski definition) is 4. The molecule has 4 nitrogen and oxygen atoms in total. The molecule has 0 fully saturated rings. The van der Waals surface area contributed by atoms with E-state index in [0.29, 0.717) is 5.57 Å². The van der Waals surface area contributed by atoms with Crippen molar-refractivity contribution in [3.8, 4) is 0 Å². The second-order valence-corrected chi connectivity index (χ2v) is 13.2. The van der Waals surface area contributed by atoms with Gasteiger partial charge in [-0.05, 0) is 44.0 Å². The first-order valence-corrected chi connectivity index (χ1v) is 12.3. The minimum atomic E-state index is -2.02. The number of esters is 1. The summed E-state index contributed by atoms with van der Waals surface area (Å²) in [6, 6.07) is 0. The lowest BCUT2D eigenvalue weighted by Crippen LogP contribution is -2.47. The molecule has 26 heavy (non-hydrogen) atoms. The van der Waals surface area contributed by atoms with Gasteiger partial charge in [-0.2, -0.15) is 0 Å². The maximum atomic E-state index is 12.8. The van der Waals surface area contributed by atoms with Gasteiger partial charge < -0.3 is 9.16 Å². The largest absolute Gasteiger partial charge is 0.466 e. The highest BCUT2D eigenvalue weighted by Gasteiger charge is 2.41. The highest BCUT2D eigenvalue weighted by molar-refractivity contribution is 6.74. The molecule has 0 amide bonds. The van der Waals surface area contributed by atoms with Crippen LogP contribution in [0.5, 0.6) is 0 Å².